The predicted octanol–water partition coefficient (Wildman–Crippen LogP) is 8.78. The van der Waals surface area contributed by atoms with Gasteiger partial charge in [0.15, 0.2) is 0 Å². The molecule has 6 rings (SSSR count). The molecule has 1 saturated heterocycles. The normalized spacial score (nSPS) is 17.0. The van der Waals surface area contributed by atoms with Crippen LogP contribution >= 0.6 is 8.53 Å². The molecule has 1 amide bonds. The Morgan fingerprint density at radius 2 is 1.46 bits per heavy atom. The summed E-state index contributed by atoms with van der Waals surface area (Å²) in [4.78, 5) is 31.2. The topological polar surface area (TPSA) is 146 Å². The van der Waals surface area contributed by atoms with Gasteiger partial charge in [-0.3, -0.25) is 9.36 Å². The number of carbonyl (C=O) groups excluding carboxylic acids is 1. The highest BCUT2D eigenvalue weighted by Crippen LogP contribution is 2.50. The molecule has 61 heavy (non-hydrogen) atoms. The first-order valence-corrected chi connectivity index (χ1v) is 21.5. The lowest BCUT2D eigenvalue weighted by molar-refractivity contribution is -0.0925. The summed E-state index contributed by atoms with van der Waals surface area (Å²) in [6.45, 7) is 10.3. The van der Waals surface area contributed by atoms with Crippen molar-refractivity contribution in [3.63, 3.8) is 0 Å². The van der Waals surface area contributed by atoms with Gasteiger partial charge >= 0.3 is 5.69 Å². The molecule has 0 aliphatic carbocycles. The van der Waals surface area contributed by atoms with Crippen LogP contribution in [0.25, 0.3) is 0 Å². The van der Waals surface area contributed by atoms with Gasteiger partial charge in [0.05, 0.1) is 46.0 Å². The van der Waals surface area contributed by atoms with Crippen LogP contribution in [0.3, 0.4) is 0 Å². The van der Waals surface area contributed by atoms with Gasteiger partial charge < -0.3 is 33.3 Å². The van der Waals surface area contributed by atoms with E-state index in [-0.39, 0.29) is 49.9 Å². The number of hydrogen-bond acceptors (Lipinski definition) is 11. The van der Waals surface area contributed by atoms with Crippen molar-refractivity contribution in [2.75, 3.05) is 32.8 Å². The number of nitrogens with one attached hydrogen (secondary N) is 1. The molecule has 0 bridgehead atoms. The van der Waals surface area contributed by atoms with E-state index in [4.69, 9.17) is 28.0 Å². The van der Waals surface area contributed by atoms with Gasteiger partial charge in [0.2, 0.25) is 0 Å². The SMILES string of the molecule is COc1ccc(C(OC[C@H]2O[C@@H](n3cc(C)c(NC(=O)c4ccccc4)nc3=O)C[C@@H]2O[P@@](OCCC#N)N(C(C)C)C(C)C)(c2ccccc2)c2ccc(OC)cc2)cc1. The van der Waals surface area contributed by atoms with Crippen molar-refractivity contribution in [1.29, 1.82) is 5.26 Å². The number of aromatic nitrogens is 2. The smallest absolute Gasteiger partial charge is 0.351 e. The number of hydrogen-bond donors (Lipinski definition) is 1. The standard InChI is InChI=1S/C47H54N5O8P/c1-32(2)52(33(3)4)61(58-28-14-27-48)60-41-29-43(51-30-34(5)44(50-46(51)54)49-45(53)35-15-10-8-11-16-35)59-42(41)31-57-47(36-17-12-9-13-18-36,37-19-23-39(55-6)24-20-37)38-21-25-40(56-7)26-22-38/h8-13,15-26,30,32-33,41-43H,14,28-29,31H2,1-7H3,(H,49,50,53,54)/t41-,42+,43+,61+/m0/s1. The average molecular weight is 848 g/mol. The predicted molar refractivity (Wildman–Crippen MR) is 235 cm³/mol. The monoisotopic (exact) mass is 847 g/mol. The van der Waals surface area contributed by atoms with Crippen LogP contribution in [-0.2, 0) is 24.1 Å². The summed E-state index contributed by atoms with van der Waals surface area (Å²) in [6, 6.07) is 36.5. The lowest BCUT2D eigenvalue weighted by Crippen LogP contribution is -2.39. The molecule has 0 spiro atoms. The van der Waals surface area contributed by atoms with Gasteiger partial charge in [0.25, 0.3) is 14.4 Å². The zero-order valence-electron chi connectivity index (χ0n) is 35.7. The number of ether oxygens (including phenoxy) is 4. The van der Waals surface area contributed by atoms with Gasteiger partial charge in [0.1, 0.15) is 35.2 Å². The number of aryl methyl sites for hydroxylation is 1. The minimum atomic E-state index is -1.70. The summed E-state index contributed by atoms with van der Waals surface area (Å²) in [5, 5.41) is 12.2. The van der Waals surface area contributed by atoms with Gasteiger partial charge in [-0.05, 0) is 87.7 Å². The summed E-state index contributed by atoms with van der Waals surface area (Å²) in [7, 11) is 1.55. The molecule has 4 atom stereocenters. The van der Waals surface area contributed by atoms with Crippen molar-refractivity contribution >= 4 is 20.3 Å². The van der Waals surface area contributed by atoms with Gasteiger partial charge in [-0.2, -0.15) is 10.2 Å². The molecule has 320 valence electrons. The van der Waals surface area contributed by atoms with Crippen molar-refractivity contribution in [3.05, 3.63) is 154 Å². The molecule has 0 saturated carbocycles. The fourth-order valence-electron chi connectivity index (χ4n) is 7.49. The number of nitrogens with zero attached hydrogens (tertiary/aromatic N) is 4. The highest BCUT2D eigenvalue weighted by Gasteiger charge is 2.45. The van der Waals surface area contributed by atoms with E-state index in [1.165, 1.54) is 4.57 Å². The second-order valence-corrected chi connectivity index (χ2v) is 16.6. The third-order valence-corrected chi connectivity index (χ3v) is 12.6. The van der Waals surface area contributed by atoms with E-state index in [2.05, 4.69) is 48.7 Å². The maximum atomic E-state index is 13.8. The molecule has 0 radical (unpaired) electrons. The Balaban J connectivity index is 1.41. The molecule has 2 heterocycles. The Morgan fingerprint density at radius 1 is 0.902 bits per heavy atom. The van der Waals surface area contributed by atoms with Crippen LogP contribution in [0, 0.1) is 18.3 Å². The quantitative estimate of drug-likeness (QED) is 0.0484. The van der Waals surface area contributed by atoms with Crippen LogP contribution in [-0.4, -0.2) is 71.9 Å². The summed E-state index contributed by atoms with van der Waals surface area (Å²) in [6.07, 6.45) is -0.0854. The molecule has 1 aliphatic heterocycles. The van der Waals surface area contributed by atoms with Crippen LogP contribution in [0.4, 0.5) is 5.82 Å². The van der Waals surface area contributed by atoms with Crippen LogP contribution < -0.4 is 20.5 Å². The van der Waals surface area contributed by atoms with Gasteiger partial charge in [-0.15, -0.1) is 0 Å². The number of nitriles is 1. The molecule has 1 fully saturated rings. The second-order valence-electron chi connectivity index (χ2n) is 15.2. The third-order valence-electron chi connectivity index (χ3n) is 10.4. The zero-order chi connectivity index (χ0) is 43.5. The van der Waals surface area contributed by atoms with E-state index in [1.54, 1.807) is 51.6 Å². The molecular weight excluding hydrogens is 794 g/mol. The second kappa shape index (κ2) is 20.9. The highest BCUT2D eigenvalue weighted by atomic mass is 31.2. The Kier molecular flexibility index (Phi) is 15.4. The van der Waals surface area contributed by atoms with Crippen molar-refractivity contribution in [3.8, 4) is 17.6 Å². The summed E-state index contributed by atoms with van der Waals surface area (Å²) in [5.74, 6) is 1.17. The largest absolute Gasteiger partial charge is 0.497 e. The Bertz CT molecular complexity index is 2230. The first-order chi connectivity index (χ1) is 29.5. The van der Waals surface area contributed by atoms with Gasteiger partial charge in [-0.1, -0.05) is 72.8 Å². The van der Waals surface area contributed by atoms with Crippen LogP contribution in [0.1, 0.15) is 79.4 Å². The molecule has 13 nitrogen and oxygen atoms in total. The summed E-state index contributed by atoms with van der Waals surface area (Å²) >= 11 is 0. The van der Waals surface area contributed by atoms with E-state index >= 15 is 0 Å². The van der Waals surface area contributed by atoms with E-state index in [0.29, 0.717) is 22.6 Å². The number of rotatable bonds is 19. The van der Waals surface area contributed by atoms with Crippen molar-refractivity contribution in [2.45, 2.75) is 83.6 Å². The van der Waals surface area contributed by atoms with Crippen molar-refractivity contribution in [1.82, 2.24) is 14.2 Å². The van der Waals surface area contributed by atoms with Gasteiger partial charge in [0, 0.05) is 35.8 Å². The maximum absolute atomic E-state index is 13.8. The third kappa shape index (κ3) is 10.5. The Morgan fingerprint density at radius 3 is 2.00 bits per heavy atom. The Hall–Kier alpha value is -5.45. The number of benzene rings is 4. The fourth-order valence-corrected chi connectivity index (χ4v) is 9.25. The minimum Gasteiger partial charge on any atom is -0.497 e. The first kappa shape index (κ1) is 45.1. The maximum Gasteiger partial charge on any atom is 0.351 e. The van der Waals surface area contributed by atoms with E-state index in [1.807, 2.05) is 84.9 Å². The number of methoxy groups -OCH3 is 2. The Labute approximate surface area is 359 Å². The van der Waals surface area contributed by atoms with Gasteiger partial charge in [-0.25, -0.2) is 9.46 Å². The minimum absolute atomic E-state index is 0.0191. The molecule has 14 heteroatoms. The molecule has 4 aromatic carbocycles. The van der Waals surface area contributed by atoms with E-state index in [9.17, 15) is 14.9 Å². The fraction of sp³-hybridized carbons (Fsp3) is 0.362. The van der Waals surface area contributed by atoms with Crippen LogP contribution in [0.5, 0.6) is 11.5 Å². The molecule has 5 aromatic rings. The first-order valence-electron chi connectivity index (χ1n) is 20.3. The van der Waals surface area contributed by atoms with Crippen molar-refractivity contribution < 1.29 is 32.8 Å². The lowest BCUT2D eigenvalue weighted by Gasteiger charge is -2.39. The number of anilines is 1. The van der Waals surface area contributed by atoms with E-state index in [0.717, 1.165) is 16.7 Å². The highest BCUT2D eigenvalue weighted by molar-refractivity contribution is 7.44. The van der Waals surface area contributed by atoms with Crippen LogP contribution in [0.2, 0.25) is 0 Å². The number of carbonyl (C=O) groups is 1. The average Bonchev–Trinajstić information content (AvgIpc) is 3.67. The zero-order valence-corrected chi connectivity index (χ0v) is 36.6. The van der Waals surface area contributed by atoms with Crippen molar-refractivity contribution in [2.24, 2.45) is 0 Å². The molecular formula is C47H54N5O8P. The molecule has 1 N–H and O–H groups in total. The summed E-state index contributed by atoms with van der Waals surface area (Å²) < 4.78 is 42.1. The van der Waals surface area contributed by atoms with E-state index < -0.39 is 38.3 Å². The lowest BCUT2D eigenvalue weighted by atomic mass is 9.80. The number of amides is 1. The molecule has 1 aromatic heterocycles. The summed E-state index contributed by atoms with van der Waals surface area (Å²) in [5.41, 5.74) is 1.80. The molecule has 1 aliphatic rings. The molecule has 0 unspecified atom stereocenters. The van der Waals surface area contributed by atoms with Crippen LogP contribution in [0.15, 0.2) is 120 Å².